The zero-order valence-electron chi connectivity index (χ0n) is 9.72. The monoisotopic (exact) mass is 232 g/mol. The maximum atomic E-state index is 11.6. The summed E-state index contributed by atoms with van der Waals surface area (Å²) in [6.45, 7) is 6.02. The van der Waals surface area contributed by atoms with E-state index < -0.39 is 0 Å². The number of carbonyl (C=O) groups excluding carboxylic acids is 1. The first kappa shape index (κ1) is 11.6. The van der Waals surface area contributed by atoms with Crippen molar-refractivity contribution in [1.29, 1.82) is 0 Å². The summed E-state index contributed by atoms with van der Waals surface area (Å²) in [4.78, 5) is 22.1. The van der Waals surface area contributed by atoms with Crippen LogP contribution in [-0.2, 0) is 0 Å². The van der Waals surface area contributed by atoms with Gasteiger partial charge in [0.2, 0.25) is 0 Å². The molecule has 1 aromatic rings. The number of nitrogens with zero attached hydrogens (tertiary/aromatic N) is 3. The minimum absolute atomic E-state index is 0.217. The van der Waals surface area contributed by atoms with Crippen LogP contribution >= 0.6 is 0 Å². The lowest BCUT2D eigenvalue weighted by Crippen LogP contribution is -2.25. The van der Waals surface area contributed by atoms with Gasteiger partial charge in [-0.15, -0.1) is 6.58 Å². The van der Waals surface area contributed by atoms with E-state index >= 15 is 0 Å². The molecule has 1 aliphatic rings. The molecular formula is C12H16N4O. The first-order valence-corrected chi connectivity index (χ1v) is 5.77. The van der Waals surface area contributed by atoms with Crippen molar-refractivity contribution >= 4 is 11.7 Å². The molecule has 0 atom stereocenters. The fourth-order valence-electron chi connectivity index (χ4n) is 1.80. The summed E-state index contributed by atoms with van der Waals surface area (Å²) in [5.41, 5.74) is 0.342. The van der Waals surface area contributed by atoms with Crippen LogP contribution in [0.3, 0.4) is 0 Å². The smallest absolute Gasteiger partial charge is 0.271 e. The van der Waals surface area contributed by atoms with Gasteiger partial charge < -0.3 is 10.2 Å². The molecule has 5 nitrogen and oxygen atoms in total. The third-order valence-electron chi connectivity index (χ3n) is 2.71. The molecule has 1 aliphatic heterocycles. The maximum absolute atomic E-state index is 11.6. The SMILES string of the molecule is C=CCNC(=O)c1cnc(N2CCCC2)cn1. The highest BCUT2D eigenvalue weighted by Gasteiger charge is 2.14. The van der Waals surface area contributed by atoms with Crippen molar-refractivity contribution in [3.05, 3.63) is 30.7 Å². The molecule has 2 rings (SSSR count). The molecule has 5 heteroatoms. The molecule has 0 aromatic carbocycles. The number of hydrogen-bond acceptors (Lipinski definition) is 4. The quantitative estimate of drug-likeness (QED) is 0.787. The molecule has 1 fully saturated rings. The Morgan fingerprint density at radius 3 is 2.76 bits per heavy atom. The van der Waals surface area contributed by atoms with Gasteiger partial charge in [-0.25, -0.2) is 9.97 Å². The lowest BCUT2D eigenvalue weighted by atomic mass is 10.4. The van der Waals surface area contributed by atoms with Crippen LogP contribution in [0.4, 0.5) is 5.82 Å². The van der Waals surface area contributed by atoms with Crippen molar-refractivity contribution in [2.45, 2.75) is 12.8 Å². The zero-order valence-corrected chi connectivity index (χ0v) is 9.72. The van der Waals surface area contributed by atoms with E-state index in [2.05, 4.69) is 26.8 Å². The van der Waals surface area contributed by atoms with E-state index in [1.807, 2.05) is 0 Å². The second-order valence-electron chi connectivity index (χ2n) is 3.95. The fourth-order valence-corrected chi connectivity index (χ4v) is 1.80. The van der Waals surface area contributed by atoms with Crippen LogP contribution in [0.25, 0.3) is 0 Å². The van der Waals surface area contributed by atoms with Gasteiger partial charge in [-0.2, -0.15) is 0 Å². The Balaban J connectivity index is 2.01. The van der Waals surface area contributed by atoms with E-state index in [0.717, 1.165) is 18.9 Å². The van der Waals surface area contributed by atoms with Crippen molar-refractivity contribution in [3.8, 4) is 0 Å². The molecule has 90 valence electrons. The van der Waals surface area contributed by atoms with Crippen LogP contribution in [0.15, 0.2) is 25.0 Å². The first-order chi connectivity index (χ1) is 8.31. The lowest BCUT2D eigenvalue weighted by molar-refractivity contribution is 0.0952. The van der Waals surface area contributed by atoms with E-state index in [9.17, 15) is 4.79 Å². The topological polar surface area (TPSA) is 58.1 Å². The van der Waals surface area contributed by atoms with Crippen LogP contribution in [0, 0.1) is 0 Å². The average molecular weight is 232 g/mol. The molecule has 1 amide bonds. The summed E-state index contributed by atoms with van der Waals surface area (Å²) >= 11 is 0. The number of aromatic nitrogens is 2. The number of anilines is 1. The zero-order chi connectivity index (χ0) is 12.1. The Morgan fingerprint density at radius 1 is 1.41 bits per heavy atom. The van der Waals surface area contributed by atoms with Gasteiger partial charge >= 0.3 is 0 Å². The summed E-state index contributed by atoms with van der Waals surface area (Å²) in [5.74, 6) is 0.633. The Morgan fingerprint density at radius 2 is 2.18 bits per heavy atom. The second-order valence-corrected chi connectivity index (χ2v) is 3.95. The number of carbonyl (C=O) groups is 1. The van der Waals surface area contributed by atoms with Crippen molar-refractivity contribution in [1.82, 2.24) is 15.3 Å². The summed E-state index contributed by atoms with van der Waals surface area (Å²) in [7, 11) is 0. The Hall–Kier alpha value is -1.91. The summed E-state index contributed by atoms with van der Waals surface area (Å²) in [5, 5.41) is 2.66. The predicted molar refractivity (Wildman–Crippen MR) is 66.0 cm³/mol. The number of nitrogens with one attached hydrogen (secondary N) is 1. The van der Waals surface area contributed by atoms with Crippen LogP contribution < -0.4 is 10.2 Å². The van der Waals surface area contributed by atoms with Gasteiger partial charge in [0.05, 0.1) is 12.4 Å². The van der Waals surface area contributed by atoms with E-state index in [4.69, 9.17) is 0 Å². The highest BCUT2D eigenvalue weighted by molar-refractivity contribution is 5.92. The van der Waals surface area contributed by atoms with Crippen molar-refractivity contribution in [2.24, 2.45) is 0 Å². The Kier molecular flexibility index (Phi) is 3.69. The number of amides is 1. The van der Waals surface area contributed by atoms with Gasteiger partial charge in [0.15, 0.2) is 0 Å². The van der Waals surface area contributed by atoms with Gasteiger partial charge in [-0.3, -0.25) is 4.79 Å². The summed E-state index contributed by atoms with van der Waals surface area (Å²) in [6, 6.07) is 0. The third kappa shape index (κ3) is 2.81. The van der Waals surface area contributed by atoms with Crippen LogP contribution in [0.2, 0.25) is 0 Å². The molecular weight excluding hydrogens is 216 g/mol. The molecule has 2 heterocycles. The average Bonchev–Trinajstić information content (AvgIpc) is 2.90. The molecule has 0 spiro atoms. The minimum atomic E-state index is -0.217. The molecule has 17 heavy (non-hydrogen) atoms. The molecule has 0 unspecified atom stereocenters. The van der Waals surface area contributed by atoms with Crippen molar-refractivity contribution < 1.29 is 4.79 Å². The van der Waals surface area contributed by atoms with Gasteiger partial charge in [-0.1, -0.05) is 6.08 Å². The van der Waals surface area contributed by atoms with E-state index in [-0.39, 0.29) is 5.91 Å². The summed E-state index contributed by atoms with van der Waals surface area (Å²) < 4.78 is 0. The number of hydrogen-bond donors (Lipinski definition) is 1. The fraction of sp³-hybridized carbons (Fsp3) is 0.417. The minimum Gasteiger partial charge on any atom is -0.355 e. The highest BCUT2D eigenvalue weighted by Crippen LogP contribution is 2.15. The van der Waals surface area contributed by atoms with E-state index in [1.54, 1.807) is 12.3 Å². The van der Waals surface area contributed by atoms with Crippen molar-refractivity contribution in [2.75, 3.05) is 24.5 Å². The van der Waals surface area contributed by atoms with E-state index in [1.165, 1.54) is 19.0 Å². The molecule has 0 aliphatic carbocycles. The molecule has 0 radical (unpaired) electrons. The predicted octanol–water partition coefficient (Wildman–Crippen LogP) is 0.993. The molecule has 0 bridgehead atoms. The van der Waals surface area contributed by atoms with Crippen LogP contribution in [0.1, 0.15) is 23.3 Å². The maximum Gasteiger partial charge on any atom is 0.271 e. The standard InChI is InChI=1S/C12H16N4O/c1-2-5-13-12(17)10-8-15-11(9-14-10)16-6-3-4-7-16/h2,8-9H,1,3-7H2,(H,13,17). The Bertz CT molecular complexity index is 395. The van der Waals surface area contributed by atoms with Gasteiger partial charge in [0, 0.05) is 19.6 Å². The lowest BCUT2D eigenvalue weighted by Gasteiger charge is -2.15. The highest BCUT2D eigenvalue weighted by atomic mass is 16.1. The first-order valence-electron chi connectivity index (χ1n) is 5.77. The largest absolute Gasteiger partial charge is 0.355 e. The third-order valence-corrected chi connectivity index (χ3v) is 2.71. The van der Waals surface area contributed by atoms with Gasteiger partial charge in [0.1, 0.15) is 11.5 Å². The van der Waals surface area contributed by atoms with Crippen molar-refractivity contribution in [3.63, 3.8) is 0 Å². The van der Waals surface area contributed by atoms with Crippen LogP contribution in [-0.4, -0.2) is 35.5 Å². The summed E-state index contributed by atoms with van der Waals surface area (Å²) in [6.07, 6.45) is 7.21. The Labute approximate surface area is 101 Å². The second kappa shape index (κ2) is 5.43. The normalized spacial score (nSPS) is 14.7. The van der Waals surface area contributed by atoms with Crippen LogP contribution in [0.5, 0.6) is 0 Å². The molecule has 1 N–H and O–H groups in total. The number of rotatable bonds is 4. The van der Waals surface area contributed by atoms with Gasteiger partial charge in [0.25, 0.3) is 5.91 Å². The molecule has 0 saturated carbocycles. The molecule has 1 saturated heterocycles. The van der Waals surface area contributed by atoms with Gasteiger partial charge in [-0.05, 0) is 12.8 Å². The molecule has 1 aromatic heterocycles. The van der Waals surface area contributed by atoms with E-state index in [0.29, 0.717) is 12.2 Å².